The predicted octanol–water partition coefficient (Wildman–Crippen LogP) is 5.81. The highest BCUT2D eigenvalue weighted by molar-refractivity contribution is 5.95. The summed E-state index contributed by atoms with van der Waals surface area (Å²) in [5.41, 5.74) is -2.38. The minimum atomic E-state index is -5.04. The number of likely N-dealkylation sites (N-methyl/N-ethyl adjacent to an activating group) is 1. The highest BCUT2D eigenvalue weighted by atomic mass is 35.5. The lowest BCUT2D eigenvalue weighted by atomic mass is 9.83. The van der Waals surface area contributed by atoms with Crippen molar-refractivity contribution in [2.45, 2.75) is 37.7 Å². The molecule has 1 fully saturated rings. The van der Waals surface area contributed by atoms with Crippen LogP contribution in [0.5, 0.6) is 0 Å². The molecule has 1 N–H and O–H groups in total. The number of alkyl halides is 6. The van der Waals surface area contributed by atoms with Crippen LogP contribution in [0, 0.1) is 12.7 Å². The van der Waals surface area contributed by atoms with Gasteiger partial charge >= 0.3 is 12.4 Å². The van der Waals surface area contributed by atoms with Crippen molar-refractivity contribution >= 4 is 18.3 Å². The van der Waals surface area contributed by atoms with Gasteiger partial charge in [0.05, 0.1) is 11.1 Å². The van der Waals surface area contributed by atoms with Gasteiger partial charge in [-0.15, -0.1) is 12.4 Å². The number of aryl methyl sites for hydroxylation is 1. The summed E-state index contributed by atoms with van der Waals surface area (Å²) in [6.07, 6.45) is -9.66. The Labute approximate surface area is 192 Å². The fourth-order valence-corrected chi connectivity index (χ4v) is 4.11. The molecular weight excluding hydrogens is 477 g/mol. The first-order valence-corrected chi connectivity index (χ1v) is 9.82. The van der Waals surface area contributed by atoms with E-state index in [0.717, 1.165) is 5.56 Å². The lowest BCUT2D eigenvalue weighted by Crippen LogP contribution is -2.49. The smallest absolute Gasteiger partial charge is 0.338 e. The van der Waals surface area contributed by atoms with Crippen LogP contribution in [-0.4, -0.2) is 37.0 Å². The molecule has 3 nitrogen and oxygen atoms in total. The van der Waals surface area contributed by atoms with Crippen LogP contribution in [0.1, 0.15) is 45.0 Å². The van der Waals surface area contributed by atoms with Crippen molar-refractivity contribution in [3.63, 3.8) is 0 Å². The molecule has 0 aliphatic carbocycles. The van der Waals surface area contributed by atoms with Crippen molar-refractivity contribution in [3.05, 3.63) is 70.0 Å². The minimum Gasteiger partial charge on any atom is -0.338 e. The number of benzene rings is 2. The molecule has 0 unspecified atom stereocenters. The molecule has 2 aromatic carbocycles. The molecule has 182 valence electrons. The van der Waals surface area contributed by atoms with Gasteiger partial charge in [0, 0.05) is 31.1 Å². The highest BCUT2D eigenvalue weighted by Gasteiger charge is 2.39. The van der Waals surface area contributed by atoms with Gasteiger partial charge in [-0.2, -0.15) is 26.3 Å². The molecule has 2 aromatic rings. The highest BCUT2D eigenvalue weighted by Crippen LogP contribution is 2.37. The Balaban J connectivity index is 0.00000385. The van der Waals surface area contributed by atoms with Gasteiger partial charge < -0.3 is 10.2 Å². The standard InChI is InChI=1S/C22H21F7N2O.ClH/c1-12-7-16(23)3-4-17(12)18-11-30-6-5-19(18)31(2)20(32)13-8-14(21(24,25)26)10-15(9-13)22(27,28)29;/h3-4,7-10,18-19,30H,5-6,11H2,1-2H3;1H/t18-,19+;/m0./s1. The van der Waals surface area contributed by atoms with Crippen molar-refractivity contribution in [2.24, 2.45) is 0 Å². The third-order valence-corrected chi connectivity index (χ3v) is 5.73. The van der Waals surface area contributed by atoms with Crippen LogP contribution in [0.4, 0.5) is 30.7 Å². The van der Waals surface area contributed by atoms with Crippen LogP contribution < -0.4 is 5.32 Å². The third-order valence-electron chi connectivity index (χ3n) is 5.73. The summed E-state index contributed by atoms with van der Waals surface area (Å²) < 4.78 is 92.6. The molecule has 1 amide bonds. The summed E-state index contributed by atoms with van der Waals surface area (Å²) in [5, 5.41) is 3.17. The Morgan fingerprint density at radius 2 is 1.58 bits per heavy atom. The molecule has 1 aliphatic heterocycles. The Bertz CT molecular complexity index is 975. The lowest BCUT2D eigenvalue weighted by molar-refractivity contribution is -0.143. The second-order valence-electron chi connectivity index (χ2n) is 7.88. The van der Waals surface area contributed by atoms with Crippen molar-refractivity contribution in [1.82, 2.24) is 10.2 Å². The average Bonchev–Trinajstić information content (AvgIpc) is 2.71. The van der Waals surface area contributed by atoms with E-state index in [4.69, 9.17) is 0 Å². The number of hydrogen-bond donors (Lipinski definition) is 1. The van der Waals surface area contributed by atoms with Gasteiger partial charge in [-0.05, 0) is 61.3 Å². The molecule has 11 heteroatoms. The SMILES string of the molecule is Cc1cc(F)ccc1[C@@H]1CNCC[C@H]1N(C)C(=O)c1cc(C(F)(F)F)cc(C(F)(F)F)c1.Cl. The van der Waals surface area contributed by atoms with Crippen molar-refractivity contribution in [2.75, 3.05) is 20.1 Å². The van der Waals surface area contributed by atoms with Gasteiger partial charge in [-0.1, -0.05) is 6.07 Å². The van der Waals surface area contributed by atoms with Crippen LogP contribution in [-0.2, 0) is 12.4 Å². The van der Waals surface area contributed by atoms with Crippen molar-refractivity contribution in [1.29, 1.82) is 0 Å². The number of hydrogen-bond acceptors (Lipinski definition) is 2. The normalized spacial score (nSPS) is 19.1. The number of amides is 1. The molecule has 0 spiro atoms. The lowest BCUT2D eigenvalue weighted by Gasteiger charge is -2.39. The molecule has 33 heavy (non-hydrogen) atoms. The predicted molar refractivity (Wildman–Crippen MR) is 111 cm³/mol. The minimum absolute atomic E-state index is 0. The molecule has 3 rings (SSSR count). The van der Waals surface area contributed by atoms with Crippen LogP contribution >= 0.6 is 12.4 Å². The topological polar surface area (TPSA) is 32.3 Å². The van der Waals surface area contributed by atoms with Gasteiger partial charge in [-0.25, -0.2) is 4.39 Å². The van der Waals surface area contributed by atoms with Crippen LogP contribution in [0.25, 0.3) is 0 Å². The third kappa shape index (κ3) is 5.97. The number of rotatable bonds is 3. The van der Waals surface area contributed by atoms with Gasteiger partial charge in [0.2, 0.25) is 0 Å². The molecule has 0 bridgehead atoms. The van der Waals surface area contributed by atoms with Crippen molar-refractivity contribution in [3.8, 4) is 0 Å². The molecule has 1 heterocycles. The fraction of sp³-hybridized carbons (Fsp3) is 0.409. The van der Waals surface area contributed by atoms with Gasteiger partial charge in [0.1, 0.15) is 5.82 Å². The monoisotopic (exact) mass is 498 g/mol. The van der Waals surface area contributed by atoms with E-state index in [2.05, 4.69) is 5.32 Å². The van der Waals surface area contributed by atoms with Gasteiger partial charge in [-0.3, -0.25) is 4.79 Å². The zero-order chi connectivity index (χ0) is 23.8. The molecule has 1 saturated heterocycles. The second kappa shape index (κ2) is 9.89. The Morgan fingerprint density at radius 3 is 2.09 bits per heavy atom. The maximum absolute atomic E-state index is 13.5. The average molecular weight is 499 g/mol. The zero-order valence-electron chi connectivity index (χ0n) is 17.6. The van der Waals surface area contributed by atoms with E-state index in [-0.39, 0.29) is 24.4 Å². The summed E-state index contributed by atoms with van der Waals surface area (Å²) in [6, 6.07) is 4.56. The van der Waals surface area contributed by atoms with Crippen LogP contribution in [0.2, 0.25) is 0 Å². The van der Waals surface area contributed by atoms with E-state index in [1.165, 1.54) is 24.1 Å². The van der Waals surface area contributed by atoms with Crippen LogP contribution in [0.3, 0.4) is 0 Å². The molecule has 1 aliphatic rings. The summed E-state index contributed by atoms with van der Waals surface area (Å²) in [4.78, 5) is 14.2. The Hall–Kier alpha value is -2.33. The van der Waals surface area contributed by atoms with E-state index >= 15 is 0 Å². The fourth-order valence-electron chi connectivity index (χ4n) is 4.11. The molecule has 0 radical (unpaired) electrons. The van der Waals surface area contributed by atoms with Gasteiger partial charge in [0.15, 0.2) is 0 Å². The first-order valence-electron chi connectivity index (χ1n) is 9.82. The quantitative estimate of drug-likeness (QED) is 0.542. The van der Waals surface area contributed by atoms with Crippen molar-refractivity contribution < 1.29 is 35.5 Å². The van der Waals surface area contributed by atoms with E-state index < -0.39 is 46.8 Å². The maximum Gasteiger partial charge on any atom is 0.416 e. The number of nitrogens with zero attached hydrogens (tertiary/aromatic N) is 1. The summed E-state index contributed by atoms with van der Waals surface area (Å²) in [7, 11) is 1.36. The maximum atomic E-state index is 13.5. The number of carbonyl (C=O) groups is 1. The van der Waals surface area contributed by atoms with Crippen LogP contribution in [0.15, 0.2) is 36.4 Å². The molecule has 2 atom stereocenters. The van der Waals surface area contributed by atoms with E-state index in [1.807, 2.05) is 0 Å². The first kappa shape index (κ1) is 26.9. The number of piperidine rings is 1. The molecule has 0 aromatic heterocycles. The Kier molecular flexibility index (Phi) is 8.06. The Morgan fingerprint density at radius 1 is 1.00 bits per heavy atom. The van der Waals surface area contributed by atoms with E-state index in [0.29, 0.717) is 37.2 Å². The molecular formula is C22H22ClF7N2O. The first-order chi connectivity index (χ1) is 14.8. The van der Waals surface area contributed by atoms with E-state index in [1.54, 1.807) is 13.0 Å². The molecule has 0 saturated carbocycles. The number of halogens is 8. The zero-order valence-corrected chi connectivity index (χ0v) is 18.5. The van der Waals surface area contributed by atoms with Gasteiger partial charge in [0.25, 0.3) is 5.91 Å². The summed E-state index contributed by atoms with van der Waals surface area (Å²) in [5.74, 6) is -1.69. The summed E-state index contributed by atoms with van der Waals surface area (Å²) in [6.45, 7) is 2.63. The second-order valence-corrected chi connectivity index (χ2v) is 7.88. The number of nitrogens with one attached hydrogen (secondary N) is 1. The number of carbonyl (C=O) groups excluding carboxylic acids is 1. The van der Waals surface area contributed by atoms with E-state index in [9.17, 15) is 35.5 Å². The largest absolute Gasteiger partial charge is 0.416 e. The summed E-state index contributed by atoms with van der Waals surface area (Å²) >= 11 is 0.